The highest BCUT2D eigenvalue weighted by atomic mass is 79.9. The molecule has 0 spiro atoms. The molecule has 10 heteroatoms. The van der Waals surface area contributed by atoms with Gasteiger partial charge in [0, 0.05) is 12.3 Å². The first kappa shape index (κ1) is 14.8. The van der Waals surface area contributed by atoms with Crippen LogP contribution in [0, 0.1) is 0 Å². The van der Waals surface area contributed by atoms with Crippen LogP contribution < -0.4 is 4.72 Å². The predicted molar refractivity (Wildman–Crippen MR) is 73.4 cm³/mol. The number of hydrogen-bond acceptors (Lipinski definition) is 5. The molecule has 0 saturated heterocycles. The van der Waals surface area contributed by atoms with E-state index in [0.717, 1.165) is 6.07 Å². The molecule has 2 rings (SSSR count). The van der Waals surface area contributed by atoms with Gasteiger partial charge in [0.05, 0.1) is 5.02 Å². The first-order valence-electron chi connectivity index (χ1n) is 4.96. The van der Waals surface area contributed by atoms with Crippen molar-refractivity contribution in [3.63, 3.8) is 0 Å². The van der Waals surface area contributed by atoms with Gasteiger partial charge in [-0.2, -0.15) is 0 Å². The van der Waals surface area contributed by atoms with Gasteiger partial charge in [-0.3, -0.25) is 4.72 Å². The van der Waals surface area contributed by atoms with Crippen LogP contribution in [0.15, 0.2) is 38.4 Å². The summed E-state index contributed by atoms with van der Waals surface area (Å²) in [6, 6.07) is 3.72. The normalized spacial score (nSPS) is 11.3. The molecule has 0 radical (unpaired) electrons. The Morgan fingerprint density at radius 1 is 1.45 bits per heavy atom. The van der Waals surface area contributed by atoms with Gasteiger partial charge in [-0.05, 0) is 28.1 Å². The number of rotatable bonds is 4. The van der Waals surface area contributed by atoms with Crippen molar-refractivity contribution in [2.75, 3.05) is 4.72 Å². The second-order valence-electron chi connectivity index (χ2n) is 3.52. The number of carbonyl (C=O) groups is 1. The van der Waals surface area contributed by atoms with Gasteiger partial charge in [0.25, 0.3) is 10.0 Å². The highest BCUT2D eigenvalue weighted by Crippen LogP contribution is 2.27. The molecule has 20 heavy (non-hydrogen) atoms. The summed E-state index contributed by atoms with van der Waals surface area (Å²) >= 11 is 8.49. The summed E-state index contributed by atoms with van der Waals surface area (Å²) in [5.74, 6) is -1.84. The molecular weight excluding hydrogens is 376 g/mol. The van der Waals surface area contributed by atoms with Crippen LogP contribution in [0.1, 0.15) is 10.6 Å². The summed E-state index contributed by atoms with van der Waals surface area (Å²) in [6.45, 7) is 0. The number of sulfonamides is 1. The first-order chi connectivity index (χ1) is 9.29. The lowest BCUT2D eigenvalue weighted by Gasteiger charge is -2.05. The van der Waals surface area contributed by atoms with Crippen LogP contribution in [0.2, 0.25) is 5.02 Å². The first-order valence-corrected chi connectivity index (χ1v) is 7.62. The number of hydrogen-bond donors (Lipinski definition) is 2. The number of pyridine rings is 1. The fourth-order valence-corrected chi connectivity index (χ4v) is 3.33. The SMILES string of the molecule is O=C(O)c1cc(S(=O)(=O)Nc2ccc(Cl)cn2)c(Br)o1. The summed E-state index contributed by atoms with van der Waals surface area (Å²) in [5.41, 5.74) is 0. The van der Waals surface area contributed by atoms with Crippen LogP contribution in [0.4, 0.5) is 5.82 Å². The summed E-state index contributed by atoms with van der Waals surface area (Å²) in [4.78, 5) is 14.2. The average molecular weight is 382 g/mol. The molecular formula is C10H6BrClN2O5S. The lowest BCUT2D eigenvalue weighted by molar-refractivity contribution is 0.0661. The third-order valence-electron chi connectivity index (χ3n) is 2.12. The van der Waals surface area contributed by atoms with Gasteiger partial charge in [-0.25, -0.2) is 18.2 Å². The Kier molecular flexibility index (Phi) is 4.02. The number of anilines is 1. The van der Waals surface area contributed by atoms with Gasteiger partial charge in [0.1, 0.15) is 10.7 Å². The van der Waals surface area contributed by atoms with Gasteiger partial charge in [0.15, 0.2) is 4.67 Å². The topological polar surface area (TPSA) is 110 Å². The van der Waals surface area contributed by atoms with E-state index in [0.29, 0.717) is 5.02 Å². The second-order valence-corrected chi connectivity index (χ2v) is 6.33. The van der Waals surface area contributed by atoms with Crippen LogP contribution in [-0.2, 0) is 10.0 Å². The number of nitrogens with one attached hydrogen (secondary N) is 1. The minimum Gasteiger partial charge on any atom is -0.475 e. The van der Waals surface area contributed by atoms with Crippen molar-refractivity contribution in [1.82, 2.24) is 4.98 Å². The molecule has 7 nitrogen and oxygen atoms in total. The van der Waals surface area contributed by atoms with Gasteiger partial charge >= 0.3 is 5.97 Å². The number of carboxylic acid groups (broad SMARTS) is 1. The maximum atomic E-state index is 12.1. The van der Waals surface area contributed by atoms with Crippen molar-refractivity contribution in [3.05, 3.63) is 39.8 Å². The standard InChI is InChI=1S/C10H6BrClN2O5S/c11-9-7(3-6(19-9)10(15)16)20(17,18)14-8-2-1-5(12)4-13-8/h1-4H,(H,13,14)(H,15,16). The summed E-state index contributed by atoms with van der Waals surface area (Å²) in [6.07, 6.45) is 1.27. The third-order valence-corrected chi connectivity index (χ3v) is 4.56. The van der Waals surface area contributed by atoms with Crippen LogP contribution in [0.5, 0.6) is 0 Å². The molecule has 2 aromatic heterocycles. The van der Waals surface area contributed by atoms with Crippen molar-refractivity contribution >= 4 is 49.3 Å². The predicted octanol–water partition coefficient (Wildman–Crippen LogP) is 2.59. The van der Waals surface area contributed by atoms with E-state index in [-0.39, 0.29) is 15.4 Å². The monoisotopic (exact) mass is 380 g/mol. The Balaban J connectivity index is 2.35. The number of furan rings is 1. The van der Waals surface area contributed by atoms with E-state index in [1.54, 1.807) is 0 Å². The van der Waals surface area contributed by atoms with Crippen molar-refractivity contribution in [2.45, 2.75) is 4.90 Å². The van der Waals surface area contributed by atoms with E-state index in [4.69, 9.17) is 21.1 Å². The maximum absolute atomic E-state index is 12.1. The fraction of sp³-hybridized carbons (Fsp3) is 0. The van der Waals surface area contributed by atoms with Crippen LogP contribution in [0.3, 0.4) is 0 Å². The molecule has 0 aliphatic carbocycles. The molecule has 0 amide bonds. The lowest BCUT2D eigenvalue weighted by atomic mass is 10.5. The van der Waals surface area contributed by atoms with Gasteiger partial charge in [-0.1, -0.05) is 11.6 Å². The molecule has 0 bridgehead atoms. The lowest BCUT2D eigenvalue weighted by Crippen LogP contribution is -2.13. The van der Waals surface area contributed by atoms with Crippen molar-refractivity contribution < 1.29 is 22.7 Å². The van der Waals surface area contributed by atoms with Crippen LogP contribution >= 0.6 is 27.5 Å². The Morgan fingerprint density at radius 3 is 2.65 bits per heavy atom. The molecule has 0 saturated carbocycles. The van der Waals surface area contributed by atoms with Crippen molar-refractivity contribution in [3.8, 4) is 0 Å². The average Bonchev–Trinajstić information content (AvgIpc) is 2.75. The largest absolute Gasteiger partial charge is 0.475 e. The van der Waals surface area contributed by atoms with Crippen molar-refractivity contribution in [2.24, 2.45) is 0 Å². The van der Waals surface area contributed by atoms with E-state index < -0.39 is 21.8 Å². The van der Waals surface area contributed by atoms with Gasteiger partial charge in [0.2, 0.25) is 5.76 Å². The Hall–Kier alpha value is -1.58. The molecule has 0 fully saturated rings. The van der Waals surface area contributed by atoms with E-state index >= 15 is 0 Å². The summed E-state index contributed by atoms with van der Waals surface area (Å²) in [7, 11) is -4.03. The van der Waals surface area contributed by atoms with E-state index in [1.807, 2.05) is 0 Å². The van der Waals surface area contributed by atoms with E-state index in [2.05, 4.69) is 25.6 Å². The number of aromatic carboxylic acids is 1. The molecule has 0 aromatic carbocycles. The van der Waals surface area contributed by atoms with Gasteiger partial charge in [-0.15, -0.1) is 0 Å². The molecule has 106 valence electrons. The molecule has 2 aromatic rings. The number of aromatic nitrogens is 1. The zero-order chi connectivity index (χ0) is 14.9. The molecule has 2 N–H and O–H groups in total. The zero-order valence-electron chi connectivity index (χ0n) is 9.50. The fourth-order valence-electron chi connectivity index (χ4n) is 1.27. The summed E-state index contributed by atoms with van der Waals surface area (Å²) in [5, 5.41) is 9.10. The third kappa shape index (κ3) is 3.11. The molecule has 0 atom stereocenters. The molecule has 0 aliphatic rings. The highest BCUT2D eigenvalue weighted by molar-refractivity contribution is 9.10. The summed E-state index contributed by atoms with van der Waals surface area (Å²) < 4.78 is 30.9. The zero-order valence-corrected chi connectivity index (χ0v) is 12.7. The maximum Gasteiger partial charge on any atom is 0.371 e. The molecule has 2 heterocycles. The van der Waals surface area contributed by atoms with Crippen LogP contribution in [-0.4, -0.2) is 24.5 Å². The van der Waals surface area contributed by atoms with Gasteiger partial charge < -0.3 is 9.52 Å². The number of nitrogens with zero attached hydrogens (tertiary/aromatic N) is 1. The van der Waals surface area contributed by atoms with Crippen LogP contribution in [0.25, 0.3) is 0 Å². The minimum absolute atomic E-state index is 0.0411. The van der Waals surface area contributed by atoms with E-state index in [9.17, 15) is 13.2 Å². The smallest absolute Gasteiger partial charge is 0.371 e. The Morgan fingerprint density at radius 2 is 2.15 bits per heavy atom. The van der Waals surface area contributed by atoms with E-state index in [1.165, 1.54) is 18.3 Å². The number of halogens is 2. The van der Waals surface area contributed by atoms with Crippen molar-refractivity contribution in [1.29, 1.82) is 0 Å². The second kappa shape index (κ2) is 5.43. The molecule has 0 aliphatic heterocycles. The Bertz CT molecular complexity index is 756. The minimum atomic E-state index is -4.03. The Labute approximate surface area is 126 Å². The number of carboxylic acids is 1. The highest BCUT2D eigenvalue weighted by Gasteiger charge is 2.25. The molecule has 0 unspecified atom stereocenters. The quantitative estimate of drug-likeness (QED) is 0.842.